The molecule has 1 spiro atoms. The van der Waals surface area contributed by atoms with Crippen molar-refractivity contribution in [1.29, 1.82) is 0 Å². The molecule has 9 heteroatoms. The molecule has 1 N–H and O–H groups in total. The molecule has 4 aliphatic rings. The Labute approximate surface area is 235 Å². The summed E-state index contributed by atoms with van der Waals surface area (Å²) in [6, 6.07) is 6.60. The van der Waals surface area contributed by atoms with Gasteiger partial charge in [-0.2, -0.15) is 0 Å². The summed E-state index contributed by atoms with van der Waals surface area (Å²) in [6.45, 7) is 10.4. The molecule has 1 unspecified atom stereocenters. The van der Waals surface area contributed by atoms with Gasteiger partial charge in [-0.25, -0.2) is 0 Å². The number of carbonyl (C=O) groups excluding carboxylic acids is 3. The van der Waals surface area contributed by atoms with E-state index in [1.54, 1.807) is 9.80 Å². The molecule has 0 saturated carbocycles. The van der Waals surface area contributed by atoms with Crippen molar-refractivity contribution in [3.63, 3.8) is 0 Å². The number of cyclic esters (lactones) is 1. The topological polar surface area (TPSA) is 90.4 Å². The Morgan fingerprint density at radius 1 is 1.10 bits per heavy atom. The van der Waals surface area contributed by atoms with Crippen LogP contribution in [0.4, 0.5) is 11.4 Å². The molecule has 1 aromatic rings. The molecular weight excluding hydrogens is 514 g/mol. The van der Waals surface area contributed by atoms with Gasteiger partial charge in [-0.3, -0.25) is 14.4 Å². The lowest BCUT2D eigenvalue weighted by Gasteiger charge is -2.39. The van der Waals surface area contributed by atoms with E-state index in [0.717, 1.165) is 24.5 Å². The highest BCUT2D eigenvalue weighted by Gasteiger charge is 2.71. The molecule has 2 fully saturated rings. The Bertz CT molecular complexity index is 1160. The minimum Gasteiger partial charge on any atom is -0.461 e. The van der Waals surface area contributed by atoms with Crippen LogP contribution in [0.2, 0.25) is 0 Å². The summed E-state index contributed by atoms with van der Waals surface area (Å²) >= 11 is 1.52. The molecule has 0 aliphatic carbocycles. The zero-order valence-corrected chi connectivity index (χ0v) is 24.0. The van der Waals surface area contributed by atoms with E-state index >= 15 is 0 Å². The van der Waals surface area contributed by atoms with E-state index in [0.29, 0.717) is 13.0 Å². The fraction of sp³-hybridized carbons (Fsp3) is 0.567. The van der Waals surface area contributed by atoms with E-state index < -0.39 is 34.6 Å². The van der Waals surface area contributed by atoms with Crippen molar-refractivity contribution in [2.24, 2.45) is 17.8 Å². The monoisotopic (exact) mass is 553 g/mol. The minimum atomic E-state index is -0.926. The summed E-state index contributed by atoms with van der Waals surface area (Å²) in [5.41, 5.74) is 1.85. The number of hydrogen-bond donors (Lipinski definition) is 1. The van der Waals surface area contributed by atoms with Crippen LogP contribution in [0.5, 0.6) is 0 Å². The highest BCUT2D eigenvalue weighted by molar-refractivity contribution is 8.02. The molecule has 39 heavy (non-hydrogen) atoms. The van der Waals surface area contributed by atoms with E-state index in [9.17, 15) is 19.5 Å². The summed E-state index contributed by atoms with van der Waals surface area (Å²) in [6.07, 6.45) is 8.29. The van der Waals surface area contributed by atoms with E-state index in [-0.39, 0.29) is 36.2 Å². The second kappa shape index (κ2) is 11.0. The molecule has 0 radical (unpaired) electrons. The van der Waals surface area contributed by atoms with Crippen LogP contribution in [0.15, 0.2) is 48.6 Å². The van der Waals surface area contributed by atoms with Crippen molar-refractivity contribution in [2.45, 2.75) is 56.2 Å². The molecule has 0 aromatic heterocycles. The number of thioether (sulfide) groups is 1. The Balaban J connectivity index is 1.58. The van der Waals surface area contributed by atoms with Gasteiger partial charge in [-0.15, -0.1) is 11.8 Å². The largest absolute Gasteiger partial charge is 0.461 e. The third-order valence-corrected chi connectivity index (χ3v) is 10.2. The predicted octanol–water partition coefficient (Wildman–Crippen LogP) is 3.25. The second-order valence-electron chi connectivity index (χ2n) is 11.2. The average Bonchev–Trinajstić information content (AvgIpc) is 3.23. The normalized spacial score (nSPS) is 30.6. The van der Waals surface area contributed by atoms with Crippen molar-refractivity contribution in [1.82, 2.24) is 4.90 Å². The number of carbonyl (C=O) groups is 3. The lowest BCUT2D eigenvalue weighted by Crippen LogP contribution is -2.57. The molecule has 4 aliphatic heterocycles. The first-order valence-electron chi connectivity index (χ1n) is 14.1. The summed E-state index contributed by atoms with van der Waals surface area (Å²) in [5.74, 6) is -2.04. The fourth-order valence-corrected chi connectivity index (χ4v) is 8.77. The van der Waals surface area contributed by atoms with Gasteiger partial charge in [0.2, 0.25) is 5.91 Å². The van der Waals surface area contributed by atoms with Crippen molar-refractivity contribution in [2.75, 3.05) is 42.6 Å². The fourth-order valence-electron chi connectivity index (χ4n) is 6.79. The van der Waals surface area contributed by atoms with Gasteiger partial charge in [-0.05, 0) is 50.5 Å². The molecular formula is C30H39N3O5S. The predicted molar refractivity (Wildman–Crippen MR) is 154 cm³/mol. The van der Waals surface area contributed by atoms with Crippen LogP contribution in [0.1, 0.15) is 34.1 Å². The number of aliphatic hydroxyl groups excluding tert-OH is 1. The Hall–Kier alpha value is -2.78. The smallest absolute Gasteiger partial charge is 0.311 e. The third-order valence-electron chi connectivity index (χ3n) is 8.49. The van der Waals surface area contributed by atoms with Crippen LogP contribution in [0, 0.1) is 17.8 Å². The summed E-state index contributed by atoms with van der Waals surface area (Å²) in [4.78, 5) is 47.6. The lowest BCUT2D eigenvalue weighted by atomic mass is 9.78. The van der Waals surface area contributed by atoms with Crippen LogP contribution in [0.3, 0.4) is 0 Å². The molecule has 1 aromatic carbocycles. The van der Waals surface area contributed by atoms with Gasteiger partial charge in [0, 0.05) is 36.3 Å². The molecule has 6 atom stereocenters. The number of ether oxygens (including phenoxy) is 1. The maximum absolute atomic E-state index is 14.6. The Kier molecular flexibility index (Phi) is 7.84. The number of likely N-dealkylation sites (tertiary alicyclic amines) is 1. The number of fused-ring (bicyclic) bond motifs is 2. The average molecular weight is 554 g/mol. The highest BCUT2D eigenvalue weighted by Crippen LogP contribution is 2.61. The SMILES string of the molecule is CCN(CC)c1ccc(N2CC=C[C@]34S[C@H]5C=CCOC(=O)[C@H]5[C@H]3C(=O)N([C@@H](CO)CC(C)C)C4C2=O)cc1. The number of aliphatic hydroxyl groups is 1. The first-order chi connectivity index (χ1) is 18.8. The van der Waals surface area contributed by atoms with Gasteiger partial charge < -0.3 is 24.5 Å². The Morgan fingerprint density at radius 3 is 2.46 bits per heavy atom. The van der Waals surface area contributed by atoms with Crippen molar-refractivity contribution < 1.29 is 24.2 Å². The standard InChI is InChI=1S/C30H39N3O5S/c1-5-31(6-2)20-10-12-21(13-11-20)32-15-8-14-30-25(24-23(39-30)9-7-16-38-29(24)37)27(35)33(26(30)28(32)36)22(18-34)17-19(3)4/h7-14,19,22-26,34H,5-6,15-18H2,1-4H3/t22-,23+,24-,25+,26?,30+/m1/s1. The minimum absolute atomic E-state index is 0.185. The molecule has 210 valence electrons. The quantitative estimate of drug-likeness (QED) is 0.390. The molecule has 0 bridgehead atoms. The molecule has 2 amide bonds. The van der Waals surface area contributed by atoms with Crippen LogP contribution >= 0.6 is 11.8 Å². The van der Waals surface area contributed by atoms with Crippen LogP contribution in [-0.2, 0) is 19.1 Å². The number of hydrogen-bond acceptors (Lipinski definition) is 7. The number of nitrogens with zero attached hydrogens (tertiary/aromatic N) is 3. The first-order valence-corrected chi connectivity index (χ1v) is 14.9. The first kappa shape index (κ1) is 27.8. The van der Waals surface area contributed by atoms with Gasteiger partial charge in [-0.1, -0.05) is 38.2 Å². The number of anilines is 2. The summed E-state index contributed by atoms with van der Waals surface area (Å²) < 4.78 is 4.53. The zero-order chi connectivity index (χ0) is 27.9. The van der Waals surface area contributed by atoms with Crippen LogP contribution in [0.25, 0.3) is 0 Å². The molecule has 8 nitrogen and oxygen atoms in total. The van der Waals surface area contributed by atoms with Crippen LogP contribution < -0.4 is 9.80 Å². The number of benzene rings is 1. The van der Waals surface area contributed by atoms with Gasteiger partial charge in [0.1, 0.15) is 12.6 Å². The molecule has 2 saturated heterocycles. The van der Waals surface area contributed by atoms with Crippen molar-refractivity contribution in [3.8, 4) is 0 Å². The summed E-state index contributed by atoms with van der Waals surface area (Å²) in [5, 5.41) is 10.2. The van der Waals surface area contributed by atoms with Gasteiger partial charge in [0.15, 0.2) is 0 Å². The molecule has 4 heterocycles. The van der Waals surface area contributed by atoms with E-state index in [4.69, 9.17) is 4.74 Å². The Morgan fingerprint density at radius 2 is 1.82 bits per heavy atom. The number of esters is 1. The highest BCUT2D eigenvalue weighted by atomic mass is 32.2. The van der Waals surface area contributed by atoms with Gasteiger partial charge >= 0.3 is 5.97 Å². The molecule has 5 rings (SSSR count). The van der Waals surface area contributed by atoms with Gasteiger partial charge in [0.05, 0.1) is 29.2 Å². The van der Waals surface area contributed by atoms with E-state index in [1.807, 2.05) is 62.4 Å². The van der Waals surface area contributed by atoms with Crippen molar-refractivity contribution in [3.05, 3.63) is 48.6 Å². The zero-order valence-electron chi connectivity index (χ0n) is 23.2. The summed E-state index contributed by atoms with van der Waals surface area (Å²) in [7, 11) is 0. The lowest BCUT2D eigenvalue weighted by molar-refractivity contribution is -0.152. The number of amides is 2. The number of rotatable bonds is 8. The van der Waals surface area contributed by atoms with Gasteiger partial charge in [0.25, 0.3) is 5.91 Å². The second-order valence-corrected chi connectivity index (χ2v) is 12.6. The maximum Gasteiger partial charge on any atom is 0.311 e. The van der Waals surface area contributed by atoms with E-state index in [1.165, 1.54) is 11.8 Å². The third kappa shape index (κ3) is 4.57. The maximum atomic E-state index is 14.6. The van der Waals surface area contributed by atoms with E-state index in [2.05, 4.69) is 18.7 Å². The van der Waals surface area contributed by atoms with Crippen molar-refractivity contribution >= 4 is 40.9 Å². The van der Waals surface area contributed by atoms with Crippen LogP contribution in [-0.4, -0.2) is 82.7 Å².